The van der Waals surface area contributed by atoms with Gasteiger partial charge in [0.15, 0.2) is 0 Å². The van der Waals surface area contributed by atoms with E-state index in [-0.39, 0.29) is 12.5 Å². The Bertz CT molecular complexity index is 250. The van der Waals surface area contributed by atoms with Gasteiger partial charge in [0.1, 0.15) is 6.54 Å². The molecule has 1 rings (SSSR count). The number of piperidine rings is 1. The zero-order valence-corrected chi connectivity index (χ0v) is 9.81. The topological polar surface area (TPSA) is 60.9 Å². The number of hydrogen-bond donors (Lipinski definition) is 1. The van der Waals surface area contributed by atoms with Gasteiger partial charge in [-0.25, -0.2) is 0 Å². The van der Waals surface area contributed by atoms with Crippen LogP contribution in [-0.2, 0) is 9.59 Å². The molecule has 0 radical (unpaired) electrons. The van der Waals surface area contributed by atoms with Crippen molar-refractivity contribution < 1.29 is 14.7 Å². The van der Waals surface area contributed by atoms with E-state index in [1.165, 1.54) is 31.2 Å². The van der Waals surface area contributed by atoms with Crippen molar-refractivity contribution in [1.29, 1.82) is 0 Å². The molecule has 0 aromatic carbocycles. The lowest BCUT2D eigenvalue weighted by molar-refractivity contribution is -0.143. The molecule has 0 aromatic rings. The molecule has 0 unspecified atom stereocenters. The highest BCUT2D eigenvalue weighted by Gasteiger charge is 2.15. The van der Waals surface area contributed by atoms with E-state index in [0.717, 1.165) is 19.6 Å². The van der Waals surface area contributed by atoms with Crippen LogP contribution in [-0.4, -0.2) is 60.0 Å². The first kappa shape index (κ1) is 13.0. The van der Waals surface area contributed by atoms with Gasteiger partial charge in [-0.2, -0.15) is 0 Å². The Hall–Kier alpha value is -1.10. The van der Waals surface area contributed by atoms with E-state index in [0.29, 0.717) is 6.42 Å². The second-order valence-electron chi connectivity index (χ2n) is 4.30. The molecule has 5 heteroatoms. The second-order valence-corrected chi connectivity index (χ2v) is 4.30. The Morgan fingerprint density at radius 3 is 2.44 bits per heavy atom. The van der Waals surface area contributed by atoms with Crippen LogP contribution >= 0.6 is 0 Å². The van der Waals surface area contributed by atoms with E-state index in [1.54, 1.807) is 0 Å². The molecule has 92 valence electrons. The van der Waals surface area contributed by atoms with Gasteiger partial charge in [-0.05, 0) is 25.9 Å². The lowest BCUT2D eigenvalue weighted by atomic mass is 10.1. The van der Waals surface area contributed by atoms with Gasteiger partial charge in [0, 0.05) is 20.0 Å². The number of aliphatic carboxylic acids is 1. The van der Waals surface area contributed by atoms with Crippen LogP contribution in [0.2, 0.25) is 0 Å². The monoisotopic (exact) mass is 228 g/mol. The number of rotatable bonds is 5. The number of likely N-dealkylation sites (tertiary alicyclic amines) is 1. The Kier molecular flexibility index (Phi) is 5.25. The molecule has 1 heterocycles. The minimum Gasteiger partial charge on any atom is -0.480 e. The number of carboxylic acids is 1. The van der Waals surface area contributed by atoms with Gasteiger partial charge in [0.25, 0.3) is 0 Å². The van der Waals surface area contributed by atoms with Gasteiger partial charge in [-0.3, -0.25) is 9.59 Å². The van der Waals surface area contributed by atoms with Crippen LogP contribution in [0.25, 0.3) is 0 Å². The third kappa shape index (κ3) is 4.61. The Balaban J connectivity index is 2.20. The molecule has 0 bridgehead atoms. The van der Waals surface area contributed by atoms with Crippen LogP contribution in [0.1, 0.15) is 25.7 Å². The summed E-state index contributed by atoms with van der Waals surface area (Å²) in [7, 11) is 1.53. The number of carbonyl (C=O) groups excluding carboxylic acids is 1. The third-order valence-electron chi connectivity index (χ3n) is 2.89. The maximum absolute atomic E-state index is 11.6. The number of nitrogens with zero attached hydrogens (tertiary/aromatic N) is 2. The predicted octanol–water partition coefficient (Wildman–Crippen LogP) is 0.405. The summed E-state index contributed by atoms with van der Waals surface area (Å²) in [6.45, 7) is 2.67. The SMILES string of the molecule is CN(CC(=O)O)C(=O)CCN1CCCCC1. The molecule has 1 fully saturated rings. The summed E-state index contributed by atoms with van der Waals surface area (Å²) < 4.78 is 0. The van der Waals surface area contributed by atoms with Gasteiger partial charge in [-0.15, -0.1) is 0 Å². The Morgan fingerprint density at radius 1 is 1.25 bits per heavy atom. The van der Waals surface area contributed by atoms with E-state index in [4.69, 9.17) is 5.11 Å². The molecule has 1 saturated heterocycles. The van der Waals surface area contributed by atoms with Gasteiger partial charge in [0.2, 0.25) is 5.91 Å². The molecule has 0 spiro atoms. The summed E-state index contributed by atoms with van der Waals surface area (Å²) >= 11 is 0. The molecule has 0 aromatic heterocycles. The highest BCUT2D eigenvalue weighted by molar-refractivity contribution is 5.81. The van der Waals surface area contributed by atoms with E-state index in [1.807, 2.05) is 0 Å². The van der Waals surface area contributed by atoms with Crippen molar-refractivity contribution in [2.45, 2.75) is 25.7 Å². The fourth-order valence-corrected chi connectivity index (χ4v) is 1.92. The van der Waals surface area contributed by atoms with Crippen molar-refractivity contribution >= 4 is 11.9 Å². The minimum absolute atomic E-state index is 0.0898. The van der Waals surface area contributed by atoms with Crippen molar-refractivity contribution in [3.8, 4) is 0 Å². The highest BCUT2D eigenvalue weighted by atomic mass is 16.4. The van der Waals surface area contributed by atoms with Crippen molar-refractivity contribution in [3.63, 3.8) is 0 Å². The number of hydrogen-bond acceptors (Lipinski definition) is 3. The maximum Gasteiger partial charge on any atom is 0.323 e. The van der Waals surface area contributed by atoms with Crippen LogP contribution in [0.15, 0.2) is 0 Å². The molecular formula is C11H20N2O3. The largest absolute Gasteiger partial charge is 0.480 e. The molecule has 0 saturated carbocycles. The Morgan fingerprint density at radius 2 is 1.88 bits per heavy atom. The van der Waals surface area contributed by atoms with E-state index in [2.05, 4.69) is 4.90 Å². The van der Waals surface area contributed by atoms with Crippen LogP contribution in [0.4, 0.5) is 0 Å². The maximum atomic E-state index is 11.6. The first-order valence-electron chi connectivity index (χ1n) is 5.77. The van der Waals surface area contributed by atoms with Crippen LogP contribution in [0, 0.1) is 0 Å². The van der Waals surface area contributed by atoms with E-state index >= 15 is 0 Å². The summed E-state index contributed by atoms with van der Waals surface area (Å²) in [5.74, 6) is -1.05. The molecule has 1 aliphatic heterocycles. The van der Waals surface area contributed by atoms with Crippen LogP contribution in [0.5, 0.6) is 0 Å². The number of carbonyl (C=O) groups is 2. The molecule has 1 N–H and O–H groups in total. The lowest BCUT2D eigenvalue weighted by Crippen LogP contribution is -2.36. The number of carboxylic acid groups (broad SMARTS) is 1. The normalized spacial score (nSPS) is 17.1. The fourth-order valence-electron chi connectivity index (χ4n) is 1.92. The van der Waals surface area contributed by atoms with Gasteiger partial charge in [-0.1, -0.05) is 6.42 Å². The lowest BCUT2D eigenvalue weighted by Gasteiger charge is -2.26. The summed E-state index contributed by atoms with van der Waals surface area (Å²) in [5.41, 5.74) is 0. The Labute approximate surface area is 96.0 Å². The predicted molar refractivity (Wildman–Crippen MR) is 60.2 cm³/mol. The van der Waals surface area contributed by atoms with Gasteiger partial charge < -0.3 is 14.9 Å². The van der Waals surface area contributed by atoms with E-state index in [9.17, 15) is 9.59 Å². The highest BCUT2D eigenvalue weighted by Crippen LogP contribution is 2.08. The van der Waals surface area contributed by atoms with Crippen molar-refractivity contribution in [3.05, 3.63) is 0 Å². The van der Waals surface area contributed by atoms with Crippen LogP contribution < -0.4 is 0 Å². The molecule has 0 aliphatic carbocycles. The average Bonchev–Trinajstić information content (AvgIpc) is 2.26. The zero-order valence-electron chi connectivity index (χ0n) is 9.81. The van der Waals surface area contributed by atoms with E-state index < -0.39 is 5.97 Å². The quantitative estimate of drug-likeness (QED) is 0.740. The molecule has 0 atom stereocenters. The molecule has 5 nitrogen and oxygen atoms in total. The van der Waals surface area contributed by atoms with Crippen molar-refractivity contribution in [2.24, 2.45) is 0 Å². The zero-order chi connectivity index (χ0) is 12.0. The van der Waals surface area contributed by atoms with Gasteiger partial charge in [0.05, 0.1) is 0 Å². The molecule has 1 amide bonds. The molecule has 1 aliphatic rings. The summed E-state index contributed by atoms with van der Waals surface area (Å²) in [6, 6.07) is 0. The van der Waals surface area contributed by atoms with Crippen molar-refractivity contribution in [2.75, 3.05) is 33.2 Å². The number of amides is 1. The fraction of sp³-hybridized carbons (Fsp3) is 0.818. The summed E-state index contributed by atoms with van der Waals surface area (Å²) in [6.07, 6.45) is 4.12. The minimum atomic E-state index is -0.964. The second kappa shape index (κ2) is 6.48. The molecular weight excluding hydrogens is 208 g/mol. The first-order chi connectivity index (χ1) is 7.59. The smallest absolute Gasteiger partial charge is 0.323 e. The first-order valence-corrected chi connectivity index (χ1v) is 5.77. The molecule has 16 heavy (non-hydrogen) atoms. The summed E-state index contributed by atoms with van der Waals surface area (Å²) in [5, 5.41) is 8.55. The third-order valence-corrected chi connectivity index (χ3v) is 2.89. The standard InChI is InChI=1S/C11H20N2O3/c1-12(9-11(15)16)10(14)5-8-13-6-3-2-4-7-13/h2-9H2,1H3,(H,15,16). The number of likely N-dealkylation sites (N-methyl/N-ethyl adjacent to an activating group) is 1. The summed E-state index contributed by atoms with van der Waals surface area (Å²) in [4.78, 5) is 25.5. The van der Waals surface area contributed by atoms with Crippen molar-refractivity contribution in [1.82, 2.24) is 9.80 Å². The van der Waals surface area contributed by atoms with Crippen LogP contribution in [0.3, 0.4) is 0 Å². The van der Waals surface area contributed by atoms with Gasteiger partial charge >= 0.3 is 5.97 Å². The average molecular weight is 228 g/mol.